The number of carboxylic acid groups (broad SMARTS) is 2. The van der Waals surface area contributed by atoms with Gasteiger partial charge < -0.3 is 30.1 Å². The lowest BCUT2D eigenvalue weighted by molar-refractivity contribution is -0.140. The molecule has 324 valence electrons. The number of hydrogen-bond acceptors (Lipinski definition) is 12. The molecular weight excluding hydrogens is 780 g/mol. The van der Waals surface area contributed by atoms with Crippen LogP contribution >= 0.6 is 0 Å². The molecule has 2 aliphatic rings. The minimum absolute atomic E-state index is 0.0701. The molecule has 60 heavy (non-hydrogen) atoms. The SMILES string of the molecule is Cc1nc(CC(=O)CCC(=O)O)c(C)[nH]1.Cc1nc(CC(=O)CCC(=O)O)c(C)[nH]1.Cc1nc(CN2C(=O)CCC2=O)c(C)[nH]1.Cc1nc(CN2C(=O)CCC2=O)c(C)[nH]1. The van der Waals surface area contributed by atoms with E-state index in [9.17, 15) is 38.4 Å². The monoisotopic (exact) mass is 834 g/mol. The number of H-pyrrole nitrogens is 4. The van der Waals surface area contributed by atoms with Crippen LogP contribution in [0.4, 0.5) is 0 Å². The Kier molecular flexibility index (Phi) is 17.5. The van der Waals surface area contributed by atoms with E-state index in [0.29, 0.717) is 50.2 Å². The predicted octanol–water partition coefficient (Wildman–Crippen LogP) is 3.36. The number of aliphatic carboxylic acids is 2. The van der Waals surface area contributed by atoms with Gasteiger partial charge in [-0.15, -0.1) is 0 Å². The van der Waals surface area contributed by atoms with Crippen LogP contribution in [0.25, 0.3) is 0 Å². The average molecular weight is 835 g/mol. The number of aromatic nitrogens is 8. The Morgan fingerprint density at radius 1 is 0.450 bits per heavy atom. The fourth-order valence-electron chi connectivity index (χ4n) is 6.22. The lowest BCUT2D eigenvalue weighted by atomic mass is 10.1. The van der Waals surface area contributed by atoms with Crippen molar-refractivity contribution in [1.82, 2.24) is 49.7 Å². The molecule has 20 heteroatoms. The van der Waals surface area contributed by atoms with Gasteiger partial charge in [-0.1, -0.05) is 0 Å². The summed E-state index contributed by atoms with van der Waals surface area (Å²) < 4.78 is 0. The molecule has 0 spiro atoms. The first kappa shape index (κ1) is 47.8. The van der Waals surface area contributed by atoms with Crippen LogP contribution in [0.5, 0.6) is 0 Å². The van der Waals surface area contributed by atoms with Crippen molar-refractivity contribution >= 4 is 47.1 Å². The van der Waals surface area contributed by atoms with Gasteiger partial charge >= 0.3 is 11.9 Å². The molecule has 20 nitrogen and oxygen atoms in total. The number of imide groups is 2. The van der Waals surface area contributed by atoms with Crippen LogP contribution in [0.15, 0.2) is 0 Å². The van der Waals surface area contributed by atoms with Crippen LogP contribution in [0.3, 0.4) is 0 Å². The van der Waals surface area contributed by atoms with Gasteiger partial charge in [0.15, 0.2) is 0 Å². The van der Waals surface area contributed by atoms with Gasteiger partial charge in [-0.05, 0) is 55.4 Å². The number of aryl methyl sites for hydroxylation is 8. The van der Waals surface area contributed by atoms with Crippen molar-refractivity contribution in [2.45, 2.75) is 133 Å². The molecule has 0 aromatic carbocycles. The Morgan fingerprint density at radius 2 is 0.700 bits per heavy atom. The van der Waals surface area contributed by atoms with Crippen molar-refractivity contribution in [2.75, 3.05) is 0 Å². The predicted molar refractivity (Wildman–Crippen MR) is 213 cm³/mol. The van der Waals surface area contributed by atoms with Crippen molar-refractivity contribution in [3.05, 3.63) is 68.8 Å². The Balaban J connectivity index is 0.000000214. The number of hydrogen-bond donors (Lipinski definition) is 6. The second-order valence-electron chi connectivity index (χ2n) is 14.5. The van der Waals surface area contributed by atoms with Crippen LogP contribution in [-0.4, -0.2) is 107 Å². The van der Waals surface area contributed by atoms with Gasteiger partial charge in [0, 0.05) is 61.3 Å². The average Bonchev–Trinajstić information content (AvgIpc) is 3.99. The van der Waals surface area contributed by atoms with Crippen molar-refractivity contribution in [2.24, 2.45) is 0 Å². The van der Waals surface area contributed by atoms with E-state index in [-0.39, 0.29) is 73.7 Å². The summed E-state index contributed by atoms with van der Waals surface area (Å²) in [6.45, 7) is 15.4. The van der Waals surface area contributed by atoms with E-state index >= 15 is 0 Å². The van der Waals surface area contributed by atoms with Gasteiger partial charge in [-0.2, -0.15) is 0 Å². The quantitative estimate of drug-likeness (QED) is 0.0994. The van der Waals surface area contributed by atoms with Crippen LogP contribution in [-0.2, 0) is 64.3 Å². The summed E-state index contributed by atoms with van der Waals surface area (Å²) in [4.78, 5) is 120. The van der Waals surface area contributed by atoms with Crippen molar-refractivity contribution in [3.63, 3.8) is 0 Å². The molecule has 0 radical (unpaired) electrons. The Morgan fingerprint density at radius 3 is 0.917 bits per heavy atom. The minimum atomic E-state index is -0.946. The molecule has 0 unspecified atom stereocenters. The number of Topliss-reactive ketones (excluding diaryl/α,β-unsaturated/α-hetero) is 2. The van der Waals surface area contributed by atoms with Crippen molar-refractivity contribution < 1.29 is 48.6 Å². The second kappa shape index (κ2) is 22.0. The summed E-state index contributed by atoms with van der Waals surface area (Å²) in [5, 5.41) is 16.8. The molecular formula is C40H54N10O10. The molecule has 6 heterocycles. The second-order valence-corrected chi connectivity index (χ2v) is 14.5. The first-order valence-corrected chi connectivity index (χ1v) is 19.3. The number of carbonyl (C=O) groups is 8. The van der Waals surface area contributed by atoms with Crippen LogP contribution < -0.4 is 0 Å². The highest BCUT2D eigenvalue weighted by atomic mass is 16.4. The lowest BCUT2D eigenvalue weighted by Crippen LogP contribution is -2.28. The normalized spacial score (nSPS) is 13.4. The van der Waals surface area contributed by atoms with E-state index in [0.717, 1.165) is 57.5 Å². The zero-order valence-corrected chi connectivity index (χ0v) is 35.3. The summed E-state index contributed by atoms with van der Waals surface area (Å²) >= 11 is 0. The number of aromatic amines is 4. The van der Waals surface area contributed by atoms with Gasteiger partial charge in [-0.3, -0.25) is 48.2 Å². The van der Waals surface area contributed by atoms with E-state index < -0.39 is 11.9 Å². The van der Waals surface area contributed by atoms with E-state index in [2.05, 4.69) is 39.9 Å². The molecule has 0 bridgehead atoms. The van der Waals surface area contributed by atoms with E-state index in [1.54, 1.807) is 0 Å². The molecule has 2 saturated heterocycles. The summed E-state index contributed by atoms with van der Waals surface area (Å²) in [6.07, 6.45) is 1.68. The molecule has 4 aromatic rings. The topological polar surface area (TPSA) is 298 Å². The van der Waals surface area contributed by atoms with Crippen LogP contribution in [0.1, 0.15) is 120 Å². The number of carboxylic acids is 2. The van der Waals surface area contributed by atoms with Crippen LogP contribution in [0, 0.1) is 55.4 Å². The largest absolute Gasteiger partial charge is 0.481 e. The summed E-state index contributed by atoms with van der Waals surface area (Å²) in [7, 11) is 0. The molecule has 2 fully saturated rings. The number of likely N-dealkylation sites (tertiary alicyclic amines) is 2. The number of amides is 4. The summed E-state index contributed by atoms with van der Waals surface area (Å²) in [5.41, 5.74) is 6.55. The number of carbonyl (C=O) groups excluding carboxylic acids is 6. The van der Waals surface area contributed by atoms with Gasteiger partial charge in [0.1, 0.15) is 34.9 Å². The van der Waals surface area contributed by atoms with Crippen LogP contribution in [0.2, 0.25) is 0 Å². The van der Waals surface area contributed by atoms with Crippen molar-refractivity contribution in [3.8, 4) is 0 Å². The van der Waals surface area contributed by atoms with E-state index in [4.69, 9.17) is 10.2 Å². The Labute approximate surface area is 346 Å². The third kappa shape index (κ3) is 15.0. The molecule has 0 saturated carbocycles. The lowest BCUT2D eigenvalue weighted by Gasteiger charge is -2.11. The Bertz CT molecular complexity index is 2040. The maximum atomic E-state index is 11.4. The van der Waals surface area contributed by atoms with Gasteiger partial charge in [0.05, 0.1) is 61.5 Å². The number of nitrogens with zero attached hydrogens (tertiary/aromatic N) is 6. The third-order valence-corrected chi connectivity index (χ3v) is 9.31. The molecule has 4 aromatic heterocycles. The highest BCUT2D eigenvalue weighted by Crippen LogP contribution is 2.18. The van der Waals surface area contributed by atoms with Gasteiger partial charge in [-0.25, -0.2) is 19.9 Å². The highest BCUT2D eigenvalue weighted by Gasteiger charge is 2.30. The van der Waals surface area contributed by atoms with E-state index in [1.807, 2.05) is 55.4 Å². The minimum Gasteiger partial charge on any atom is -0.481 e. The zero-order valence-electron chi connectivity index (χ0n) is 35.3. The summed E-state index contributed by atoms with van der Waals surface area (Å²) in [5.74, 6) is 0.695. The smallest absolute Gasteiger partial charge is 0.303 e. The number of rotatable bonds is 14. The number of imidazole rings is 4. The number of ketones is 2. The molecule has 4 amide bonds. The fraction of sp³-hybridized carbons (Fsp3) is 0.500. The van der Waals surface area contributed by atoms with Gasteiger partial charge in [0.25, 0.3) is 0 Å². The van der Waals surface area contributed by atoms with Gasteiger partial charge in [0.2, 0.25) is 23.6 Å². The first-order valence-electron chi connectivity index (χ1n) is 19.3. The highest BCUT2D eigenvalue weighted by molar-refractivity contribution is 6.02. The van der Waals surface area contributed by atoms with E-state index in [1.165, 1.54) is 9.80 Å². The molecule has 0 aliphatic carbocycles. The van der Waals surface area contributed by atoms with Crippen molar-refractivity contribution in [1.29, 1.82) is 0 Å². The first-order chi connectivity index (χ1) is 28.1. The zero-order chi connectivity index (χ0) is 44.8. The third-order valence-electron chi connectivity index (χ3n) is 9.31. The number of nitrogens with one attached hydrogen (secondary N) is 4. The summed E-state index contributed by atoms with van der Waals surface area (Å²) in [6, 6.07) is 0. The molecule has 0 atom stereocenters. The maximum Gasteiger partial charge on any atom is 0.303 e. The molecule has 6 rings (SSSR count). The molecule has 6 N–H and O–H groups in total. The maximum absolute atomic E-state index is 11.4. The standard InChI is InChI=1S/2C10H13N3O2.2C10H14N2O3/c2*1-6-8(12-7(2)11-6)5-13-9(14)3-4-10(13)15;2*1-6-9(12-7(2)11-6)5-8(13)3-4-10(14)15/h2*3-5H2,1-2H3,(H,11,12);2*3-5H2,1-2H3,(H,11,12)(H,14,15). The molecule has 2 aliphatic heterocycles. The fourth-order valence-corrected chi connectivity index (χ4v) is 6.22. The Hall–Kier alpha value is -6.60.